The van der Waals surface area contributed by atoms with Gasteiger partial charge in [0, 0.05) is 13.0 Å². The average Bonchev–Trinajstić information content (AvgIpc) is 3.11. The van der Waals surface area contributed by atoms with Gasteiger partial charge in [0.25, 0.3) is 5.91 Å². The molecule has 4 rings (SSSR count). The highest BCUT2D eigenvalue weighted by molar-refractivity contribution is 5.89. The van der Waals surface area contributed by atoms with Crippen LogP contribution in [0.25, 0.3) is 11.1 Å². The van der Waals surface area contributed by atoms with Crippen LogP contribution in [0, 0.1) is 0 Å². The number of benzene rings is 2. The highest BCUT2D eigenvalue weighted by Gasteiger charge is 2.43. The molecule has 2 aromatic carbocycles. The lowest BCUT2D eigenvalue weighted by Crippen LogP contribution is -2.63. The minimum atomic E-state index is -1.03. The topological polar surface area (TPSA) is 79.9 Å². The first kappa shape index (κ1) is 20.4. The van der Waals surface area contributed by atoms with Crippen molar-refractivity contribution >= 4 is 12.0 Å². The Hall–Kier alpha value is -2.90. The molecule has 1 saturated heterocycles. The summed E-state index contributed by atoms with van der Waals surface area (Å²) in [5.41, 5.74) is 3.62. The summed E-state index contributed by atoms with van der Waals surface area (Å²) in [5, 5.41) is 7.23. The molecule has 0 radical (unpaired) electrons. The summed E-state index contributed by atoms with van der Waals surface area (Å²) in [6.45, 7) is 1.47. The fraction of sp³-hybridized carbons (Fsp3) is 0.391. The molecule has 2 aliphatic rings. The smallest absolute Gasteiger partial charge is 0.408 e. The largest absolute Gasteiger partial charge is 0.449 e. The molecule has 2 N–H and O–H groups in total. The van der Waals surface area contributed by atoms with Crippen LogP contribution >= 0.6 is 0 Å². The number of hydroxylamine groups is 2. The van der Waals surface area contributed by atoms with Gasteiger partial charge in [-0.3, -0.25) is 9.63 Å². The maximum atomic E-state index is 12.9. The Morgan fingerprint density at radius 2 is 1.63 bits per heavy atom. The molecule has 2 aromatic rings. The molecule has 7 heteroatoms. The molecule has 0 atom stereocenters. The zero-order valence-corrected chi connectivity index (χ0v) is 17.3. The third kappa shape index (κ3) is 3.66. The van der Waals surface area contributed by atoms with Crippen molar-refractivity contribution in [1.29, 1.82) is 0 Å². The highest BCUT2D eigenvalue weighted by atomic mass is 16.7. The quantitative estimate of drug-likeness (QED) is 0.743. The molecule has 0 spiro atoms. The van der Waals surface area contributed by atoms with Crippen LogP contribution in [0.5, 0.6) is 0 Å². The van der Waals surface area contributed by atoms with E-state index in [0.29, 0.717) is 25.9 Å². The van der Waals surface area contributed by atoms with E-state index in [-0.39, 0.29) is 18.4 Å². The van der Waals surface area contributed by atoms with E-state index in [4.69, 9.17) is 9.57 Å². The molecule has 0 unspecified atom stereocenters. The van der Waals surface area contributed by atoms with Gasteiger partial charge in [-0.25, -0.2) is 9.86 Å². The molecule has 7 nitrogen and oxygen atoms in total. The van der Waals surface area contributed by atoms with E-state index in [1.54, 1.807) is 7.05 Å². The maximum absolute atomic E-state index is 12.9. The van der Waals surface area contributed by atoms with Crippen LogP contribution < -0.4 is 10.6 Å². The van der Waals surface area contributed by atoms with Crippen molar-refractivity contribution in [2.24, 2.45) is 0 Å². The number of carbonyl (C=O) groups is 2. The van der Waals surface area contributed by atoms with Crippen molar-refractivity contribution in [2.45, 2.75) is 24.3 Å². The van der Waals surface area contributed by atoms with Gasteiger partial charge in [-0.2, -0.15) is 0 Å². The van der Waals surface area contributed by atoms with Gasteiger partial charge in [0.05, 0.1) is 7.11 Å². The monoisotopic (exact) mass is 409 g/mol. The van der Waals surface area contributed by atoms with E-state index in [1.807, 2.05) is 24.3 Å². The molecular formula is C23H27N3O4. The number of amides is 2. The lowest BCUT2D eigenvalue weighted by Gasteiger charge is -2.38. The first-order valence-corrected chi connectivity index (χ1v) is 10.2. The standard InChI is InChI=1S/C23H27N3O4/c1-26(29-2)21(27)23(11-13-24-14-12-23)25-22(28)30-15-20-18-9-5-3-7-16(18)17-8-4-6-10-19(17)20/h3-10,20,24H,11-15H2,1-2H3,(H,25,28). The number of nitrogens with one attached hydrogen (secondary N) is 2. The normalized spacial score (nSPS) is 17.0. The number of rotatable bonds is 5. The zero-order chi connectivity index (χ0) is 21.1. The minimum Gasteiger partial charge on any atom is -0.449 e. The molecule has 1 fully saturated rings. The Kier molecular flexibility index (Phi) is 5.74. The van der Waals surface area contributed by atoms with Crippen LogP contribution in [0.2, 0.25) is 0 Å². The molecule has 2 amide bonds. The van der Waals surface area contributed by atoms with Crippen molar-refractivity contribution in [3.63, 3.8) is 0 Å². The lowest BCUT2D eigenvalue weighted by atomic mass is 9.87. The van der Waals surface area contributed by atoms with Crippen molar-refractivity contribution < 1.29 is 19.2 Å². The minimum absolute atomic E-state index is 0.0236. The summed E-state index contributed by atoms with van der Waals surface area (Å²) in [5.74, 6) is -0.301. The predicted octanol–water partition coefficient (Wildman–Crippen LogP) is 2.67. The maximum Gasteiger partial charge on any atom is 0.408 e. The third-order valence-corrected chi connectivity index (χ3v) is 6.11. The first-order valence-electron chi connectivity index (χ1n) is 10.2. The number of carbonyl (C=O) groups excluding carboxylic acids is 2. The van der Waals surface area contributed by atoms with Gasteiger partial charge in [-0.05, 0) is 48.2 Å². The average molecular weight is 409 g/mol. The summed E-state index contributed by atoms with van der Waals surface area (Å²) in [6.07, 6.45) is 0.365. The number of hydrogen-bond acceptors (Lipinski definition) is 5. The van der Waals surface area contributed by atoms with E-state index < -0.39 is 11.6 Å². The molecule has 0 saturated carbocycles. The third-order valence-electron chi connectivity index (χ3n) is 6.11. The van der Waals surface area contributed by atoms with Gasteiger partial charge in [0.1, 0.15) is 12.1 Å². The number of nitrogens with zero attached hydrogens (tertiary/aromatic N) is 1. The number of piperidine rings is 1. The summed E-state index contributed by atoms with van der Waals surface area (Å²) >= 11 is 0. The summed E-state index contributed by atoms with van der Waals surface area (Å²) in [4.78, 5) is 30.7. The van der Waals surface area contributed by atoms with Gasteiger partial charge < -0.3 is 15.4 Å². The molecule has 0 aromatic heterocycles. The van der Waals surface area contributed by atoms with E-state index in [2.05, 4.69) is 34.9 Å². The van der Waals surface area contributed by atoms with Crippen molar-refractivity contribution in [2.75, 3.05) is 33.9 Å². The Morgan fingerprint density at radius 1 is 1.07 bits per heavy atom. The second kappa shape index (κ2) is 8.45. The number of hydrogen-bond donors (Lipinski definition) is 2. The fourth-order valence-corrected chi connectivity index (χ4v) is 4.46. The second-order valence-corrected chi connectivity index (χ2v) is 7.77. The molecule has 0 bridgehead atoms. The van der Waals surface area contributed by atoms with Crippen LogP contribution in [0.3, 0.4) is 0 Å². The van der Waals surface area contributed by atoms with Crippen LogP contribution in [0.4, 0.5) is 4.79 Å². The zero-order valence-electron chi connectivity index (χ0n) is 17.3. The second-order valence-electron chi connectivity index (χ2n) is 7.77. The summed E-state index contributed by atoms with van der Waals surface area (Å²) in [7, 11) is 2.98. The van der Waals surface area contributed by atoms with Crippen molar-refractivity contribution in [1.82, 2.24) is 15.7 Å². The van der Waals surface area contributed by atoms with Crippen LogP contribution in [0.15, 0.2) is 48.5 Å². The molecule has 1 heterocycles. The fourth-order valence-electron chi connectivity index (χ4n) is 4.46. The van der Waals surface area contributed by atoms with E-state index in [9.17, 15) is 9.59 Å². The van der Waals surface area contributed by atoms with Gasteiger partial charge in [-0.1, -0.05) is 48.5 Å². The van der Waals surface area contributed by atoms with Crippen LogP contribution in [0.1, 0.15) is 29.9 Å². The van der Waals surface area contributed by atoms with Gasteiger partial charge in [0.2, 0.25) is 0 Å². The molecule has 1 aliphatic carbocycles. The van der Waals surface area contributed by atoms with E-state index in [1.165, 1.54) is 18.2 Å². The van der Waals surface area contributed by atoms with Crippen LogP contribution in [-0.2, 0) is 14.4 Å². The highest BCUT2D eigenvalue weighted by Crippen LogP contribution is 2.44. The lowest BCUT2D eigenvalue weighted by molar-refractivity contribution is -0.177. The summed E-state index contributed by atoms with van der Waals surface area (Å²) in [6, 6.07) is 16.4. The molecule has 30 heavy (non-hydrogen) atoms. The van der Waals surface area contributed by atoms with Crippen LogP contribution in [-0.4, -0.2) is 56.5 Å². The van der Waals surface area contributed by atoms with Gasteiger partial charge >= 0.3 is 6.09 Å². The Balaban J connectivity index is 1.49. The Morgan fingerprint density at radius 3 is 2.20 bits per heavy atom. The number of fused-ring (bicyclic) bond motifs is 3. The molecular weight excluding hydrogens is 382 g/mol. The van der Waals surface area contributed by atoms with E-state index >= 15 is 0 Å². The number of ether oxygens (including phenoxy) is 1. The van der Waals surface area contributed by atoms with E-state index in [0.717, 1.165) is 16.2 Å². The molecule has 1 aliphatic heterocycles. The first-order chi connectivity index (χ1) is 14.6. The van der Waals surface area contributed by atoms with Crippen molar-refractivity contribution in [3.05, 3.63) is 59.7 Å². The predicted molar refractivity (Wildman–Crippen MR) is 113 cm³/mol. The Labute approximate surface area is 176 Å². The summed E-state index contributed by atoms with van der Waals surface area (Å²) < 4.78 is 5.65. The SMILES string of the molecule is CON(C)C(=O)C1(NC(=O)OCC2c3ccccc3-c3ccccc32)CCNCC1. The molecule has 158 valence electrons. The number of alkyl carbamates (subject to hydrolysis) is 1. The Bertz CT molecular complexity index is 894. The van der Waals surface area contributed by atoms with Gasteiger partial charge in [-0.15, -0.1) is 0 Å². The van der Waals surface area contributed by atoms with Gasteiger partial charge in [0.15, 0.2) is 0 Å². The number of likely N-dealkylation sites (N-methyl/N-ethyl adjacent to an activating group) is 1. The van der Waals surface area contributed by atoms with Crippen molar-refractivity contribution in [3.8, 4) is 11.1 Å².